The van der Waals surface area contributed by atoms with Gasteiger partial charge in [0.15, 0.2) is 15.9 Å². The summed E-state index contributed by atoms with van der Waals surface area (Å²) in [6.07, 6.45) is 0. The second-order valence-corrected chi connectivity index (χ2v) is 4.45. The average molecular weight is 317 g/mol. The van der Waals surface area contributed by atoms with Crippen LogP contribution in [0.15, 0.2) is 14.3 Å². The highest BCUT2D eigenvalue weighted by molar-refractivity contribution is 9.10. The van der Waals surface area contributed by atoms with Crippen LogP contribution in [0.4, 0.5) is 0 Å². The lowest BCUT2D eigenvalue weighted by Crippen LogP contribution is -2.37. The molecule has 96 valence electrons. The Hall–Kier alpha value is -1.90. The van der Waals surface area contributed by atoms with E-state index in [4.69, 9.17) is 5.11 Å². The molecular weight excluding hydrogens is 308 g/mol. The van der Waals surface area contributed by atoms with Crippen LogP contribution in [0.5, 0.6) is 0 Å². The minimum Gasteiger partial charge on any atom is -0.480 e. The van der Waals surface area contributed by atoms with Gasteiger partial charge in [0.2, 0.25) is 0 Å². The predicted molar refractivity (Wildman–Crippen MR) is 65.6 cm³/mol. The van der Waals surface area contributed by atoms with E-state index in [0.29, 0.717) is 0 Å². The highest BCUT2D eigenvalue weighted by Gasteiger charge is 2.18. The van der Waals surface area contributed by atoms with Gasteiger partial charge >= 0.3 is 11.7 Å². The molecule has 2 rings (SSSR count). The minimum atomic E-state index is -1.11. The number of carboxylic acids is 1. The van der Waals surface area contributed by atoms with E-state index >= 15 is 0 Å². The lowest BCUT2D eigenvalue weighted by Gasteiger charge is -2.04. The van der Waals surface area contributed by atoms with Gasteiger partial charge in [0.1, 0.15) is 6.54 Å². The van der Waals surface area contributed by atoms with Gasteiger partial charge in [-0.3, -0.25) is 18.7 Å². The molecule has 0 spiro atoms. The van der Waals surface area contributed by atoms with E-state index < -0.39 is 23.8 Å². The van der Waals surface area contributed by atoms with Crippen molar-refractivity contribution in [2.45, 2.75) is 6.54 Å². The first-order valence-corrected chi connectivity index (χ1v) is 5.67. The molecule has 0 aliphatic heterocycles. The molecule has 2 heterocycles. The largest absolute Gasteiger partial charge is 0.480 e. The molecule has 0 saturated heterocycles. The van der Waals surface area contributed by atoms with E-state index in [9.17, 15) is 14.4 Å². The highest BCUT2D eigenvalue weighted by atomic mass is 79.9. The molecule has 8 nitrogen and oxygen atoms in total. The molecule has 0 unspecified atom stereocenters. The standard InChI is InChI=1S/C9H9BrN4O4/c1-12-6-5(7(17)13(2)9(12)18)14(3-4(15)16)8(10)11-6/h3H2,1-2H3,(H,15,16). The number of fused-ring (bicyclic) bond motifs is 1. The summed E-state index contributed by atoms with van der Waals surface area (Å²) in [5.41, 5.74) is -0.863. The molecular formula is C9H9BrN4O4. The van der Waals surface area contributed by atoms with Crippen LogP contribution < -0.4 is 11.2 Å². The van der Waals surface area contributed by atoms with E-state index in [0.717, 1.165) is 4.57 Å². The van der Waals surface area contributed by atoms with Crippen molar-refractivity contribution in [3.8, 4) is 0 Å². The van der Waals surface area contributed by atoms with Crippen LogP contribution in [-0.4, -0.2) is 29.8 Å². The molecule has 0 saturated carbocycles. The normalized spacial score (nSPS) is 11.1. The number of hydrogen-bond donors (Lipinski definition) is 1. The van der Waals surface area contributed by atoms with Crippen molar-refractivity contribution in [3.63, 3.8) is 0 Å². The molecule has 2 aromatic rings. The highest BCUT2D eigenvalue weighted by Crippen LogP contribution is 2.15. The summed E-state index contributed by atoms with van der Waals surface area (Å²) in [4.78, 5) is 38.4. The summed E-state index contributed by atoms with van der Waals surface area (Å²) in [7, 11) is 2.80. The van der Waals surface area contributed by atoms with Crippen molar-refractivity contribution in [3.05, 3.63) is 25.6 Å². The van der Waals surface area contributed by atoms with Gasteiger partial charge in [-0.05, 0) is 15.9 Å². The lowest BCUT2D eigenvalue weighted by atomic mass is 10.5. The summed E-state index contributed by atoms with van der Waals surface area (Å²) in [5.74, 6) is -1.11. The van der Waals surface area contributed by atoms with Crippen molar-refractivity contribution < 1.29 is 9.90 Å². The number of aromatic nitrogens is 4. The number of rotatable bonds is 2. The zero-order chi connectivity index (χ0) is 13.6. The van der Waals surface area contributed by atoms with Crippen LogP contribution in [0.1, 0.15) is 0 Å². The maximum atomic E-state index is 12.0. The Bertz CT molecular complexity index is 769. The van der Waals surface area contributed by atoms with Gasteiger partial charge in [0, 0.05) is 14.1 Å². The Kier molecular flexibility index (Phi) is 2.85. The third-order valence-electron chi connectivity index (χ3n) is 2.59. The fourth-order valence-corrected chi connectivity index (χ4v) is 2.17. The van der Waals surface area contributed by atoms with Gasteiger partial charge in [-0.25, -0.2) is 9.78 Å². The molecule has 0 amide bonds. The summed E-state index contributed by atoms with van der Waals surface area (Å²) < 4.78 is 3.51. The summed E-state index contributed by atoms with van der Waals surface area (Å²) in [6, 6.07) is 0. The third kappa shape index (κ3) is 1.67. The van der Waals surface area contributed by atoms with E-state index in [-0.39, 0.29) is 15.9 Å². The van der Waals surface area contributed by atoms with Crippen LogP contribution in [-0.2, 0) is 25.4 Å². The smallest absolute Gasteiger partial charge is 0.332 e. The Morgan fingerprint density at radius 1 is 1.33 bits per heavy atom. The number of carbonyl (C=O) groups is 1. The fraction of sp³-hybridized carbons (Fsp3) is 0.333. The minimum absolute atomic E-state index is 0.0777. The van der Waals surface area contributed by atoms with Crippen LogP contribution in [0, 0.1) is 0 Å². The fourth-order valence-electron chi connectivity index (χ4n) is 1.70. The maximum absolute atomic E-state index is 12.0. The second-order valence-electron chi connectivity index (χ2n) is 3.74. The first kappa shape index (κ1) is 12.6. The van der Waals surface area contributed by atoms with Crippen LogP contribution in [0.3, 0.4) is 0 Å². The molecule has 0 radical (unpaired) electrons. The summed E-state index contributed by atoms with van der Waals surface area (Å²) in [6.45, 7) is -0.412. The zero-order valence-corrected chi connectivity index (χ0v) is 11.1. The molecule has 9 heteroatoms. The topological polar surface area (TPSA) is 99.1 Å². The molecule has 1 N–H and O–H groups in total. The first-order chi connectivity index (χ1) is 8.34. The summed E-state index contributed by atoms with van der Waals surface area (Å²) in [5, 5.41) is 8.81. The van der Waals surface area contributed by atoms with Gasteiger partial charge < -0.3 is 9.67 Å². The quantitative estimate of drug-likeness (QED) is 0.737. The number of carboxylic acid groups (broad SMARTS) is 1. The number of hydrogen-bond acceptors (Lipinski definition) is 4. The molecule has 0 aromatic carbocycles. The summed E-state index contributed by atoms with van der Waals surface area (Å²) >= 11 is 3.08. The maximum Gasteiger partial charge on any atom is 0.332 e. The molecule has 0 bridgehead atoms. The Labute approximate surface area is 108 Å². The van der Waals surface area contributed by atoms with Gasteiger partial charge in [-0.15, -0.1) is 0 Å². The molecule has 0 aliphatic rings. The average Bonchev–Trinajstić information content (AvgIpc) is 2.61. The zero-order valence-electron chi connectivity index (χ0n) is 9.55. The van der Waals surface area contributed by atoms with Crippen LogP contribution in [0.25, 0.3) is 11.2 Å². The first-order valence-electron chi connectivity index (χ1n) is 4.88. The number of aliphatic carboxylic acids is 1. The molecule has 0 atom stereocenters. The van der Waals surface area contributed by atoms with Crippen molar-refractivity contribution in [2.24, 2.45) is 14.1 Å². The van der Waals surface area contributed by atoms with E-state index in [1.165, 1.54) is 23.2 Å². The molecule has 2 aromatic heterocycles. The van der Waals surface area contributed by atoms with E-state index in [2.05, 4.69) is 20.9 Å². The molecule has 0 fully saturated rings. The van der Waals surface area contributed by atoms with Gasteiger partial charge in [-0.2, -0.15) is 0 Å². The lowest BCUT2D eigenvalue weighted by molar-refractivity contribution is -0.137. The van der Waals surface area contributed by atoms with Crippen molar-refractivity contribution in [2.75, 3.05) is 0 Å². The molecule has 0 aliphatic carbocycles. The monoisotopic (exact) mass is 316 g/mol. The third-order valence-corrected chi connectivity index (χ3v) is 3.20. The molecule has 18 heavy (non-hydrogen) atoms. The number of halogens is 1. The predicted octanol–water partition coefficient (Wildman–Crippen LogP) is -0.719. The Balaban J connectivity index is 2.99. The van der Waals surface area contributed by atoms with Gasteiger partial charge in [0.25, 0.3) is 5.56 Å². The van der Waals surface area contributed by atoms with Crippen LogP contribution in [0.2, 0.25) is 0 Å². The number of nitrogens with zero attached hydrogens (tertiary/aromatic N) is 4. The number of imidazole rings is 1. The van der Waals surface area contributed by atoms with Gasteiger partial charge in [-0.1, -0.05) is 0 Å². The number of aryl methyl sites for hydroxylation is 1. The van der Waals surface area contributed by atoms with Gasteiger partial charge in [0.05, 0.1) is 0 Å². The van der Waals surface area contributed by atoms with Crippen molar-refractivity contribution >= 4 is 33.1 Å². The Morgan fingerprint density at radius 3 is 2.50 bits per heavy atom. The SMILES string of the molecule is Cn1c(=O)c2c(nc(Br)n2CC(=O)O)n(C)c1=O. The van der Waals surface area contributed by atoms with Crippen LogP contribution >= 0.6 is 15.9 Å². The van der Waals surface area contributed by atoms with Crippen molar-refractivity contribution in [1.29, 1.82) is 0 Å². The van der Waals surface area contributed by atoms with E-state index in [1.807, 2.05) is 0 Å². The van der Waals surface area contributed by atoms with E-state index in [1.54, 1.807) is 0 Å². The van der Waals surface area contributed by atoms with Crippen molar-refractivity contribution in [1.82, 2.24) is 18.7 Å². The second kappa shape index (κ2) is 4.09. The Morgan fingerprint density at radius 2 is 1.94 bits per heavy atom.